The monoisotopic (exact) mass is 400 g/mol. The molecule has 0 radical (unpaired) electrons. The summed E-state index contributed by atoms with van der Waals surface area (Å²) >= 11 is 0. The van der Waals surface area contributed by atoms with Crippen LogP contribution in [0.15, 0.2) is 48.5 Å². The standard InChI is InChI=1S/C23H29FN2O3/c1-17-4-2-3-5-19(17)13-25-22(29)14-26-11-10-21(28)23(15-26,16-27)12-18-6-8-20(24)9-7-18/h2-9,21,27-28H,10-16H2,1H3,(H,25,29)/t21-,23-/m0/s1. The number of hydrogen-bond acceptors (Lipinski definition) is 4. The molecule has 1 amide bonds. The van der Waals surface area contributed by atoms with E-state index in [-0.39, 0.29) is 24.9 Å². The first-order valence-electron chi connectivity index (χ1n) is 9.99. The summed E-state index contributed by atoms with van der Waals surface area (Å²) in [4.78, 5) is 14.4. The van der Waals surface area contributed by atoms with Crippen molar-refractivity contribution < 1.29 is 19.4 Å². The number of aliphatic hydroxyl groups is 2. The molecular weight excluding hydrogens is 371 g/mol. The summed E-state index contributed by atoms with van der Waals surface area (Å²) in [6.45, 7) is 3.49. The fraction of sp³-hybridized carbons (Fsp3) is 0.435. The van der Waals surface area contributed by atoms with Gasteiger partial charge in [0.2, 0.25) is 5.91 Å². The zero-order valence-corrected chi connectivity index (χ0v) is 16.8. The molecule has 156 valence electrons. The van der Waals surface area contributed by atoms with Gasteiger partial charge in [-0.15, -0.1) is 0 Å². The number of rotatable bonds is 7. The highest BCUT2D eigenvalue weighted by atomic mass is 19.1. The smallest absolute Gasteiger partial charge is 0.234 e. The van der Waals surface area contributed by atoms with Crippen molar-refractivity contribution in [1.82, 2.24) is 10.2 Å². The van der Waals surface area contributed by atoms with E-state index in [9.17, 15) is 19.4 Å². The van der Waals surface area contributed by atoms with Crippen LogP contribution in [0, 0.1) is 18.2 Å². The molecule has 5 nitrogen and oxygen atoms in total. The molecule has 1 aliphatic rings. The first kappa shape index (κ1) is 21.4. The lowest BCUT2D eigenvalue weighted by Crippen LogP contribution is -2.56. The van der Waals surface area contributed by atoms with Crippen LogP contribution >= 0.6 is 0 Å². The van der Waals surface area contributed by atoms with Crippen LogP contribution in [-0.2, 0) is 17.8 Å². The van der Waals surface area contributed by atoms with Gasteiger partial charge in [-0.3, -0.25) is 9.69 Å². The molecule has 0 aromatic heterocycles. The highest BCUT2D eigenvalue weighted by Gasteiger charge is 2.42. The molecule has 2 atom stereocenters. The Morgan fingerprint density at radius 3 is 2.66 bits per heavy atom. The number of aliphatic hydroxyl groups excluding tert-OH is 2. The van der Waals surface area contributed by atoms with Crippen molar-refractivity contribution in [2.45, 2.75) is 32.4 Å². The highest BCUT2D eigenvalue weighted by molar-refractivity contribution is 5.78. The Morgan fingerprint density at radius 2 is 1.97 bits per heavy atom. The van der Waals surface area contributed by atoms with E-state index < -0.39 is 11.5 Å². The summed E-state index contributed by atoms with van der Waals surface area (Å²) in [7, 11) is 0. The number of piperidine rings is 1. The van der Waals surface area contributed by atoms with E-state index in [1.54, 1.807) is 12.1 Å². The molecular formula is C23H29FN2O3. The number of carbonyl (C=O) groups excluding carboxylic acids is 1. The summed E-state index contributed by atoms with van der Waals surface area (Å²) in [5.41, 5.74) is 2.29. The third-order valence-corrected chi connectivity index (χ3v) is 5.85. The van der Waals surface area contributed by atoms with E-state index in [2.05, 4.69) is 5.32 Å². The quantitative estimate of drug-likeness (QED) is 0.665. The van der Waals surface area contributed by atoms with Crippen LogP contribution in [0.2, 0.25) is 0 Å². The van der Waals surface area contributed by atoms with Crippen molar-refractivity contribution in [1.29, 1.82) is 0 Å². The Balaban J connectivity index is 1.61. The van der Waals surface area contributed by atoms with Crippen LogP contribution in [0.4, 0.5) is 4.39 Å². The molecule has 1 heterocycles. The van der Waals surface area contributed by atoms with Gasteiger partial charge in [0.15, 0.2) is 0 Å². The van der Waals surface area contributed by atoms with Gasteiger partial charge in [0.25, 0.3) is 0 Å². The highest BCUT2D eigenvalue weighted by Crippen LogP contribution is 2.33. The molecule has 1 fully saturated rings. The second-order valence-corrected chi connectivity index (χ2v) is 8.04. The van der Waals surface area contributed by atoms with Crippen LogP contribution in [0.25, 0.3) is 0 Å². The average Bonchev–Trinajstić information content (AvgIpc) is 2.71. The lowest BCUT2D eigenvalue weighted by Gasteiger charge is -2.45. The largest absolute Gasteiger partial charge is 0.396 e. The van der Waals surface area contributed by atoms with E-state index in [0.717, 1.165) is 16.7 Å². The SMILES string of the molecule is Cc1ccccc1CNC(=O)CN1CC[C@H](O)[C@@](CO)(Cc2ccc(F)cc2)C1. The lowest BCUT2D eigenvalue weighted by molar-refractivity contribution is -0.126. The number of hydrogen-bond donors (Lipinski definition) is 3. The van der Waals surface area contributed by atoms with Crippen LogP contribution in [-0.4, -0.2) is 53.4 Å². The Hall–Kier alpha value is -2.28. The first-order chi connectivity index (χ1) is 13.9. The molecule has 0 bridgehead atoms. The van der Waals surface area contributed by atoms with E-state index in [1.807, 2.05) is 36.1 Å². The van der Waals surface area contributed by atoms with Crippen LogP contribution < -0.4 is 5.32 Å². The number of amides is 1. The predicted octanol–water partition coefficient (Wildman–Crippen LogP) is 2.04. The maximum Gasteiger partial charge on any atom is 0.234 e. The van der Waals surface area contributed by atoms with Gasteiger partial charge < -0.3 is 15.5 Å². The summed E-state index contributed by atoms with van der Waals surface area (Å²) in [5, 5.41) is 23.7. The minimum Gasteiger partial charge on any atom is -0.396 e. The summed E-state index contributed by atoms with van der Waals surface area (Å²) < 4.78 is 13.2. The zero-order valence-electron chi connectivity index (χ0n) is 16.8. The fourth-order valence-electron chi connectivity index (χ4n) is 4.03. The van der Waals surface area contributed by atoms with Crippen molar-refractivity contribution in [3.63, 3.8) is 0 Å². The van der Waals surface area contributed by atoms with E-state index >= 15 is 0 Å². The van der Waals surface area contributed by atoms with E-state index in [4.69, 9.17) is 0 Å². The maximum absolute atomic E-state index is 13.2. The molecule has 6 heteroatoms. The number of benzene rings is 2. The number of halogens is 1. The Bertz CT molecular complexity index is 827. The lowest BCUT2D eigenvalue weighted by atomic mass is 9.73. The molecule has 2 aromatic carbocycles. The van der Waals surface area contributed by atoms with Crippen LogP contribution in [0.3, 0.4) is 0 Å². The van der Waals surface area contributed by atoms with Crippen LogP contribution in [0.1, 0.15) is 23.1 Å². The van der Waals surface area contributed by atoms with Gasteiger partial charge in [0.1, 0.15) is 5.82 Å². The van der Waals surface area contributed by atoms with Gasteiger partial charge in [-0.1, -0.05) is 36.4 Å². The maximum atomic E-state index is 13.2. The van der Waals surface area contributed by atoms with Crippen molar-refractivity contribution in [3.8, 4) is 0 Å². The molecule has 3 rings (SSSR count). The van der Waals surface area contributed by atoms with Gasteiger partial charge in [-0.25, -0.2) is 4.39 Å². The molecule has 29 heavy (non-hydrogen) atoms. The van der Waals surface area contributed by atoms with Gasteiger partial charge in [-0.05, 0) is 48.6 Å². The van der Waals surface area contributed by atoms with E-state index in [1.165, 1.54) is 12.1 Å². The molecule has 1 aliphatic heterocycles. The van der Waals surface area contributed by atoms with Gasteiger partial charge >= 0.3 is 0 Å². The summed E-state index contributed by atoms with van der Waals surface area (Å²) in [6, 6.07) is 14.0. The fourth-order valence-corrected chi connectivity index (χ4v) is 4.03. The molecule has 3 N–H and O–H groups in total. The molecule has 0 aliphatic carbocycles. The zero-order chi connectivity index (χ0) is 20.9. The minimum atomic E-state index is -0.771. The molecule has 2 aromatic rings. The molecule has 0 saturated carbocycles. The number of aryl methyl sites for hydroxylation is 1. The number of carbonyl (C=O) groups is 1. The number of likely N-dealkylation sites (tertiary alicyclic amines) is 1. The van der Waals surface area contributed by atoms with Gasteiger partial charge in [0, 0.05) is 25.0 Å². The first-order valence-corrected chi connectivity index (χ1v) is 9.99. The Labute approximate surface area is 171 Å². The third-order valence-electron chi connectivity index (χ3n) is 5.85. The normalized spacial score (nSPS) is 22.4. The third kappa shape index (κ3) is 5.41. The van der Waals surface area contributed by atoms with Crippen molar-refractivity contribution in [3.05, 3.63) is 71.0 Å². The summed E-state index contributed by atoms with van der Waals surface area (Å²) in [5.74, 6) is -0.402. The number of nitrogens with zero attached hydrogens (tertiary/aromatic N) is 1. The minimum absolute atomic E-state index is 0.0849. The van der Waals surface area contributed by atoms with Crippen molar-refractivity contribution in [2.75, 3.05) is 26.2 Å². The van der Waals surface area contributed by atoms with E-state index in [0.29, 0.717) is 32.5 Å². The Morgan fingerprint density at radius 1 is 1.24 bits per heavy atom. The Kier molecular flexibility index (Phi) is 7.00. The predicted molar refractivity (Wildman–Crippen MR) is 110 cm³/mol. The molecule has 1 saturated heterocycles. The topological polar surface area (TPSA) is 72.8 Å². The van der Waals surface area contributed by atoms with Gasteiger partial charge in [0.05, 0.1) is 19.3 Å². The van der Waals surface area contributed by atoms with Crippen molar-refractivity contribution in [2.24, 2.45) is 5.41 Å². The number of nitrogens with one attached hydrogen (secondary N) is 1. The van der Waals surface area contributed by atoms with Crippen molar-refractivity contribution >= 4 is 5.91 Å². The second-order valence-electron chi connectivity index (χ2n) is 8.04. The summed E-state index contributed by atoms with van der Waals surface area (Å²) in [6.07, 6.45) is 0.225. The molecule has 0 unspecified atom stereocenters. The average molecular weight is 400 g/mol. The second kappa shape index (κ2) is 9.48. The van der Waals surface area contributed by atoms with Crippen LogP contribution in [0.5, 0.6) is 0 Å². The molecule has 0 spiro atoms. The van der Waals surface area contributed by atoms with Gasteiger partial charge in [-0.2, -0.15) is 0 Å².